The Kier molecular flexibility index (Phi) is 4.48. The van der Waals surface area contributed by atoms with Crippen LogP contribution in [-0.4, -0.2) is 29.7 Å². The first-order valence-corrected chi connectivity index (χ1v) is 6.88. The number of carbonyl (C=O) groups is 2. The third kappa shape index (κ3) is 3.39. The summed E-state index contributed by atoms with van der Waals surface area (Å²) in [6.45, 7) is 10.8. The largest absolute Gasteiger partial charge is 0.481 e. The van der Waals surface area contributed by atoms with E-state index in [1.165, 1.54) is 0 Å². The van der Waals surface area contributed by atoms with Crippen LogP contribution in [-0.2, 0) is 4.79 Å². The highest BCUT2D eigenvalue weighted by molar-refractivity contribution is 5.75. The topological polar surface area (TPSA) is 78.4 Å². The van der Waals surface area contributed by atoms with E-state index in [-0.39, 0.29) is 28.8 Å². The van der Waals surface area contributed by atoms with Gasteiger partial charge in [-0.05, 0) is 23.7 Å². The Morgan fingerprint density at radius 2 is 1.74 bits per heavy atom. The van der Waals surface area contributed by atoms with E-state index in [0.29, 0.717) is 19.4 Å². The van der Waals surface area contributed by atoms with E-state index in [4.69, 9.17) is 5.11 Å². The van der Waals surface area contributed by atoms with Gasteiger partial charge in [0.15, 0.2) is 0 Å². The first-order valence-electron chi connectivity index (χ1n) is 6.88. The van der Waals surface area contributed by atoms with Gasteiger partial charge in [-0.3, -0.25) is 4.79 Å². The van der Waals surface area contributed by atoms with Crippen LogP contribution in [0, 0.1) is 16.7 Å². The van der Waals surface area contributed by atoms with Gasteiger partial charge in [-0.1, -0.05) is 34.6 Å². The van der Waals surface area contributed by atoms with E-state index in [9.17, 15) is 9.59 Å². The zero-order chi connectivity index (χ0) is 14.8. The van der Waals surface area contributed by atoms with E-state index in [1.54, 1.807) is 6.92 Å². The molecule has 1 aliphatic rings. The predicted molar refractivity (Wildman–Crippen MR) is 73.9 cm³/mol. The Labute approximate surface area is 115 Å². The van der Waals surface area contributed by atoms with Gasteiger partial charge in [-0.25, -0.2) is 4.79 Å². The molecule has 0 aromatic carbocycles. The van der Waals surface area contributed by atoms with Gasteiger partial charge in [0.1, 0.15) is 0 Å². The fraction of sp³-hybridized carbons (Fsp3) is 0.857. The average Bonchev–Trinajstić information content (AvgIpc) is 2.66. The molecule has 0 aromatic rings. The number of nitrogens with one attached hydrogen (secondary N) is 2. The molecule has 19 heavy (non-hydrogen) atoms. The lowest BCUT2D eigenvalue weighted by Crippen LogP contribution is -2.39. The smallest absolute Gasteiger partial charge is 0.315 e. The summed E-state index contributed by atoms with van der Waals surface area (Å²) in [5.74, 6) is -1.14. The molecule has 0 radical (unpaired) electrons. The molecular weight excluding hydrogens is 244 g/mol. The van der Waals surface area contributed by atoms with Crippen LogP contribution in [0.1, 0.15) is 47.5 Å². The molecule has 0 aliphatic heterocycles. The van der Waals surface area contributed by atoms with Crippen LogP contribution in [0.2, 0.25) is 0 Å². The first kappa shape index (κ1) is 15.8. The fourth-order valence-corrected chi connectivity index (χ4v) is 2.47. The van der Waals surface area contributed by atoms with Crippen LogP contribution >= 0.6 is 0 Å². The summed E-state index contributed by atoms with van der Waals surface area (Å²) < 4.78 is 0. The van der Waals surface area contributed by atoms with Crippen molar-refractivity contribution in [1.82, 2.24) is 10.6 Å². The second kappa shape index (κ2) is 5.39. The Morgan fingerprint density at radius 3 is 2.16 bits per heavy atom. The van der Waals surface area contributed by atoms with E-state index < -0.39 is 5.97 Å². The minimum absolute atomic E-state index is 0.127. The summed E-state index contributed by atoms with van der Waals surface area (Å²) >= 11 is 0. The van der Waals surface area contributed by atoms with Crippen molar-refractivity contribution in [3.63, 3.8) is 0 Å². The minimum atomic E-state index is -0.786. The van der Waals surface area contributed by atoms with Gasteiger partial charge in [-0.2, -0.15) is 0 Å². The maximum Gasteiger partial charge on any atom is 0.315 e. The van der Waals surface area contributed by atoms with E-state index >= 15 is 0 Å². The fourth-order valence-electron chi connectivity index (χ4n) is 2.47. The third-order valence-electron chi connectivity index (χ3n) is 4.82. The number of carboxylic acids is 1. The van der Waals surface area contributed by atoms with Gasteiger partial charge >= 0.3 is 12.0 Å². The highest BCUT2D eigenvalue weighted by Gasteiger charge is 2.65. The molecule has 5 heteroatoms. The number of hydrogen-bond acceptors (Lipinski definition) is 2. The van der Waals surface area contributed by atoms with Crippen LogP contribution in [0.5, 0.6) is 0 Å². The van der Waals surface area contributed by atoms with Crippen LogP contribution < -0.4 is 10.6 Å². The number of carboxylic acid groups (broad SMARTS) is 1. The SMILES string of the molecule is CC(CCCNC(=O)NC1C(C)(C)C1(C)C)C(=O)O. The van der Waals surface area contributed by atoms with Crippen LogP contribution in [0.3, 0.4) is 0 Å². The molecule has 0 spiro atoms. The Balaban J connectivity index is 2.19. The van der Waals surface area contributed by atoms with E-state index in [0.717, 1.165) is 0 Å². The second-order valence-electron chi connectivity index (χ2n) is 6.66. The first-order chi connectivity index (χ1) is 8.60. The van der Waals surface area contributed by atoms with Crippen molar-refractivity contribution in [3.8, 4) is 0 Å². The number of carbonyl (C=O) groups excluding carboxylic acids is 1. The average molecular weight is 270 g/mol. The summed E-state index contributed by atoms with van der Waals surface area (Å²) in [6.07, 6.45) is 1.26. The Hall–Kier alpha value is -1.26. The Bertz CT molecular complexity index is 350. The monoisotopic (exact) mass is 270 g/mol. The number of hydrogen-bond donors (Lipinski definition) is 3. The van der Waals surface area contributed by atoms with Crippen LogP contribution in [0.25, 0.3) is 0 Å². The van der Waals surface area contributed by atoms with Gasteiger partial charge in [0.05, 0.1) is 5.92 Å². The third-order valence-corrected chi connectivity index (χ3v) is 4.82. The highest BCUT2D eigenvalue weighted by atomic mass is 16.4. The molecule has 1 saturated carbocycles. The molecule has 1 atom stereocenters. The number of aliphatic carboxylic acids is 1. The summed E-state index contributed by atoms with van der Waals surface area (Å²) in [5.41, 5.74) is 0.254. The number of amides is 2. The van der Waals surface area contributed by atoms with Gasteiger partial charge in [0, 0.05) is 12.6 Å². The zero-order valence-corrected chi connectivity index (χ0v) is 12.5. The molecule has 0 bridgehead atoms. The van der Waals surface area contributed by atoms with Crippen LogP contribution in [0.4, 0.5) is 4.79 Å². The molecule has 110 valence electrons. The maximum atomic E-state index is 11.7. The normalized spacial score (nSPS) is 21.5. The van der Waals surface area contributed by atoms with Crippen molar-refractivity contribution >= 4 is 12.0 Å². The van der Waals surface area contributed by atoms with Crippen molar-refractivity contribution in [2.45, 2.75) is 53.5 Å². The van der Waals surface area contributed by atoms with Crippen molar-refractivity contribution in [2.75, 3.05) is 6.54 Å². The molecule has 0 saturated heterocycles. The van der Waals surface area contributed by atoms with Crippen molar-refractivity contribution in [1.29, 1.82) is 0 Å². The van der Waals surface area contributed by atoms with E-state index in [1.807, 2.05) is 0 Å². The molecular formula is C14H26N2O3. The molecule has 1 unspecified atom stereocenters. The lowest BCUT2D eigenvalue weighted by Gasteiger charge is -2.10. The maximum absolute atomic E-state index is 11.7. The lowest BCUT2D eigenvalue weighted by atomic mass is 10.0. The molecule has 5 nitrogen and oxygen atoms in total. The number of urea groups is 1. The van der Waals surface area contributed by atoms with Crippen molar-refractivity contribution < 1.29 is 14.7 Å². The highest BCUT2D eigenvalue weighted by Crippen LogP contribution is 2.62. The van der Waals surface area contributed by atoms with Gasteiger partial charge in [-0.15, -0.1) is 0 Å². The van der Waals surface area contributed by atoms with Crippen LogP contribution in [0.15, 0.2) is 0 Å². The number of rotatable bonds is 6. The lowest BCUT2D eigenvalue weighted by molar-refractivity contribution is -0.141. The van der Waals surface area contributed by atoms with Gasteiger partial charge in [0.2, 0.25) is 0 Å². The quantitative estimate of drug-likeness (QED) is 0.648. The Morgan fingerprint density at radius 1 is 1.21 bits per heavy atom. The standard InChI is InChI=1S/C14H26N2O3/c1-9(10(17)18)7-6-8-15-12(19)16-11-13(2,3)14(11,4)5/h9,11H,6-8H2,1-5H3,(H,17,18)(H2,15,16,19). The molecule has 0 aromatic heterocycles. The van der Waals surface area contributed by atoms with Gasteiger partial charge in [0.25, 0.3) is 0 Å². The summed E-state index contributed by atoms with van der Waals surface area (Å²) in [7, 11) is 0. The predicted octanol–water partition coefficient (Wildman–Crippen LogP) is 2.22. The molecule has 1 fully saturated rings. The van der Waals surface area contributed by atoms with E-state index in [2.05, 4.69) is 38.3 Å². The van der Waals surface area contributed by atoms with Gasteiger partial charge < -0.3 is 15.7 Å². The molecule has 1 rings (SSSR count). The molecule has 0 heterocycles. The summed E-state index contributed by atoms with van der Waals surface area (Å²) in [4.78, 5) is 22.3. The molecule has 2 amide bonds. The van der Waals surface area contributed by atoms with Crippen molar-refractivity contribution in [3.05, 3.63) is 0 Å². The summed E-state index contributed by atoms with van der Waals surface area (Å²) in [6, 6.07) is 0.0320. The second-order valence-corrected chi connectivity index (χ2v) is 6.66. The van der Waals surface area contributed by atoms with Crippen molar-refractivity contribution in [2.24, 2.45) is 16.7 Å². The molecule has 3 N–H and O–H groups in total. The zero-order valence-electron chi connectivity index (χ0n) is 12.5. The summed E-state index contributed by atoms with van der Waals surface area (Å²) in [5, 5.41) is 14.5. The molecule has 1 aliphatic carbocycles. The minimum Gasteiger partial charge on any atom is -0.481 e.